The summed E-state index contributed by atoms with van der Waals surface area (Å²) in [6, 6.07) is 17.5. The van der Waals surface area contributed by atoms with E-state index < -0.39 is 0 Å². The summed E-state index contributed by atoms with van der Waals surface area (Å²) in [6.07, 6.45) is 2.38. The van der Waals surface area contributed by atoms with Gasteiger partial charge in [0.05, 0.1) is 26.0 Å². The molecule has 1 N–H and O–H groups in total. The van der Waals surface area contributed by atoms with E-state index in [2.05, 4.69) is 21.6 Å². The van der Waals surface area contributed by atoms with E-state index in [1.807, 2.05) is 36.4 Å². The summed E-state index contributed by atoms with van der Waals surface area (Å²) in [5, 5.41) is 5.17. The first kappa shape index (κ1) is 18.0. The summed E-state index contributed by atoms with van der Waals surface area (Å²) in [4.78, 5) is 17.1. The Labute approximate surface area is 163 Å². The number of carbonyl (C=O) groups excluding carboxylic acids is 1. The number of hydrogen-bond acceptors (Lipinski definition) is 5. The molecule has 4 rings (SSSR count). The fourth-order valence-corrected chi connectivity index (χ4v) is 3.29. The topological polar surface area (TPSA) is 72.8 Å². The van der Waals surface area contributed by atoms with Crippen LogP contribution in [0.1, 0.15) is 23.6 Å². The number of rotatable bonds is 6. The van der Waals surface area contributed by atoms with Crippen LogP contribution in [0.3, 0.4) is 0 Å². The third-order valence-corrected chi connectivity index (χ3v) is 4.92. The van der Waals surface area contributed by atoms with Crippen molar-refractivity contribution in [3.63, 3.8) is 0 Å². The largest absolute Gasteiger partial charge is 0.493 e. The molecule has 3 aromatic rings. The number of nitrogens with zero attached hydrogens (tertiary/aromatic N) is 2. The Morgan fingerprint density at radius 2 is 1.93 bits per heavy atom. The normalized spacial score (nSPS) is 18.2. The van der Waals surface area contributed by atoms with Crippen molar-refractivity contribution in [1.29, 1.82) is 0 Å². The quantitative estimate of drug-likeness (QED) is 0.529. The second-order valence-electron chi connectivity index (χ2n) is 6.73. The molecule has 6 nitrogen and oxygen atoms in total. The smallest absolute Gasteiger partial charge is 0.243 e. The number of pyridine rings is 1. The summed E-state index contributed by atoms with van der Waals surface area (Å²) >= 11 is 0. The Hall–Kier alpha value is -3.41. The van der Waals surface area contributed by atoms with Crippen molar-refractivity contribution in [1.82, 2.24) is 10.4 Å². The SMILES string of the molecule is COc1ccc(C=NNC(=O)C2CC2c2ccc3ccccc3n2)cc1OC. The summed E-state index contributed by atoms with van der Waals surface area (Å²) in [6.45, 7) is 0. The molecule has 28 heavy (non-hydrogen) atoms. The van der Waals surface area contributed by atoms with Gasteiger partial charge in [-0.25, -0.2) is 5.43 Å². The van der Waals surface area contributed by atoms with E-state index >= 15 is 0 Å². The highest BCUT2D eigenvalue weighted by Gasteiger charge is 2.45. The molecular weight excluding hydrogens is 354 g/mol. The predicted molar refractivity (Wildman–Crippen MR) is 108 cm³/mol. The minimum atomic E-state index is -0.0868. The van der Waals surface area contributed by atoms with Gasteiger partial charge in [-0.3, -0.25) is 9.78 Å². The number of benzene rings is 2. The van der Waals surface area contributed by atoms with E-state index in [1.54, 1.807) is 32.6 Å². The van der Waals surface area contributed by atoms with E-state index in [4.69, 9.17) is 9.47 Å². The van der Waals surface area contributed by atoms with E-state index in [9.17, 15) is 4.79 Å². The number of hydrazone groups is 1. The maximum absolute atomic E-state index is 12.4. The van der Waals surface area contributed by atoms with Crippen LogP contribution in [-0.2, 0) is 4.79 Å². The molecule has 0 spiro atoms. The molecule has 1 aliphatic carbocycles. The minimum absolute atomic E-state index is 0.0864. The van der Waals surface area contributed by atoms with Crippen LogP contribution in [-0.4, -0.2) is 31.3 Å². The summed E-state index contributed by atoms with van der Waals surface area (Å²) in [5.74, 6) is 1.24. The van der Waals surface area contributed by atoms with Gasteiger partial charge in [0.2, 0.25) is 5.91 Å². The Kier molecular flexibility index (Phi) is 4.93. The lowest BCUT2D eigenvalue weighted by atomic mass is 10.1. The maximum Gasteiger partial charge on any atom is 0.243 e. The molecule has 0 aliphatic heterocycles. The maximum atomic E-state index is 12.4. The standard InChI is InChI=1S/C22H21N3O3/c1-27-20-10-7-14(11-21(20)28-2)13-23-25-22(26)17-12-16(17)19-9-8-15-5-3-4-6-18(15)24-19/h3-11,13,16-17H,12H2,1-2H3,(H,25,26). The summed E-state index contributed by atoms with van der Waals surface area (Å²) in [7, 11) is 3.16. The Bertz CT molecular complexity index is 1050. The molecule has 142 valence electrons. The van der Waals surface area contributed by atoms with Crippen LogP contribution in [0.5, 0.6) is 11.5 Å². The zero-order valence-electron chi connectivity index (χ0n) is 15.8. The van der Waals surface area contributed by atoms with Crippen molar-refractivity contribution in [3.8, 4) is 11.5 Å². The molecule has 6 heteroatoms. The van der Waals surface area contributed by atoms with Crippen molar-refractivity contribution in [2.24, 2.45) is 11.0 Å². The van der Waals surface area contributed by atoms with Gasteiger partial charge in [-0.15, -0.1) is 0 Å². The lowest BCUT2D eigenvalue weighted by Gasteiger charge is -2.07. The molecule has 0 bridgehead atoms. The molecule has 1 heterocycles. The Balaban J connectivity index is 1.37. The fourth-order valence-electron chi connectivity index (χ4n) is 3.29. The molecule has 1 fully saturated rings. The highest BCUT2D eigenvalue weighted by molar-refractivity contribution is 5.86. The Morgan fingerprint density at radius 1 is 1.11 bits per heavy atom. The highest BCUT2D eigenvalue weighted by atomic mass is 16.5. The first-order valence-corrected chi connectivity index (χ1v) is 9.10. The minimum Gasteiger partial charge on any atom is -0.493 e. The molecule has 0 saturated heterocycles. The van der Waals surface area contributed by atoms with Gasteiger partial charge >= 0.3 is 0 Å². The third kappa shape index (κ3) is 3.67. The van der Waals surface area contributed by atoms with Gasteiger partial charge in [-0.1, -0.05) is 24.3 Å². The van der Waals surface area contributed by atoms with Crippen LogP contribution in [0.15, 0.2) is 59.7 Å². The fraction of sp³-hybridized carbons (Fsp3) is 0.227. The molecule has 0 radical (unpaired) electrons. The molecular formula is C22H21N3O3. The lowest BCUT2D eigenvalue weighted by Crippen LogP contribution is -2.20. The van der Waals surface area contributed by atoms with Crippen LogP contribution >= 0.6 is 0 Å². The lowest BCUT2D eigenvalue weighted by molar-refractivity contribution is -0.122. The van der Waals surface area contributed by atoms with Crippen LogP contribution < -0.4 is 14.9 Å². The molecule has 1 amide bonds. The van der Waals surface area contributed by atoms with E-state index in [1.165, 1.54) is 0 Å². The third-order valence-electron chi connectivity index (χ3n) is 4.92. The summed E-state index contributed by atoms with van der Waals surface area (Å²) in [5.41, 5.74) is 5.35. The van der Waals surface area contributed by atoms with Crippen LogP contribution in [0, 0.1) is 5.92 Å². The van der Waals surface area contributed by atoms with Gasteiger partial charge in [0.1, 0.15) is 0 Å². The number of methoxy groups -OCH3 is 2. The first-order valence-electron chi connectivity index (χ1n) is 9.10. The van der Waals surface area contributed by atoms with Crippen molar-refractivity contribution in [3.05, 3.63) is 65.9 Å². The van der Waals surface area contributed by atoms with Crippen molar-refractivity contribution < 1.29 is 14.3 Å². The van der Waals surface area contributed by atoms with Crippen molar-refractivity contribution in [2.75, 3.05) is 14.2 Å². The van der Waals surface area contributed by atoms with Crippen LogP contribution in [0.4, 0.5) is 0 Å². The molecule has 1 aliphatic rings. The van der Waals surface area contributed by atoms with Crippen molar-refractivity contribution in [2.45, 2.75) is 12.3 Å². The second kappa shape index (κ2) is 7.68. The van der Waals surface area contributed by atoms with Gasteiger partial charge in [-0.2, -0.15) is 5.10 Å². The van der Waals surface area contributed by atoms with Crippen LogP contribution in [0.25, 0.3) is 10.9 Å². The monoisotopic (exact) mass is 375 g/mol. The van der Waals surface area contributed by atoms with Crippen molar-refractivity contribution >= 4 is 23.0 Å². The summed E-state index contributed by atoms with van der Waals surface area (Å²) < 4.78 is 10.5. The zero-order chi connectivity index (χ0) is 19.5. The number of fused-ring (bicyclic) bond motifs is 1. The highest BCUT2D eigenvalue weighted by Crippen LogP contribution is 2.47. The molecule has 2 atom stereocenters. The number of amides is 1. The van der Waals surface area contributed by atoms with Gasteiger partial charge < -0.3 is 9.47 Å². The van der Waals surface area contributed by atoms with E-state index in [0.717, 1.165) is 28.6 Å². The number of aromatic nitrogens is 1. The van der Waals surface area contributed by atoms with Crippen LogP contribution in [0.2, 0.25) is 0 Å². The predicted octanol–water partition coefficient (Wildman–Crippen LogP) is 3.51. The van der Waals surface area contributed by atoms with Gasteiger partial charge in [-0.05, 0) is 42.3 Å². The number of hydrogen-bond donors (Lipinski definition) is 1. The van der Waals surface area contributed by atoms with E-state index in [0.29, 0.717) is 11.5 Å². The second-order valence-corrected chi connectivity index (χ2v) is 6.73. The molecule has 1 saturated carbocycles. The molecule has 1 aromatic heterocycles. The number of carbonyl (C=O) groups is 1. The van der Waals surface area contributed by atoms with Gasteiger partial charge in [0.15, 0.2) is 11.5 Å². The average molecular weight is 375 g/mol. The van der Waals surface area contributed by atoms with E-state index in [-0.39, 0.29) is 17.7 Å². The number of nitrogens with one attached hydrogen (secondary N) is 1. The number of ether oxygens (including phenoxy) is 2. The van der Waals surface area contributed by atoms with Gasteiger partial charge in [0.25, 0.3) is 0 Å². The molecule has 2 aromatic carbocycles. The molecule has 2 unspecified atom stereocenters. The van der Waals surface area contributed by atoms with Gasteiger partial charge in [0, 0.05) is 22.9 Å². The number of para-hydroxylation sites is 1. The zero-order valence-corrected chi connectivity index (χ0v) is 15.8. The average Bonchev–Trinajstić information content (AvgIpc) is 3.54. The first-order chi connectivity index (χ1) is 13.7. The Morgan fingerprint density at radius 3 is 2.75 bits per heavy atom.